The first-order valence-electron chi connectivity index (χ1n) is 8.33. The lowest BCUT2D eigenvalue weighted by Gasteiger charge is -2.19. The topological polar surface area (TPSA) is 45.2 Å². The monoisotopic (exact) mass is 329 g/mol. The molecule has 1 amide bonds. The van der Waals surface area contributed by atoms with Crippen molar-refractivity contribution in [3.8, 4) is 0 Å². The van der Waals surface area contributed by atoms with Crippen LogP contribution >= 0.6 is 11.3 Å². The fraction of sp³-hybridized carbons (Fsp3) is 0.444. The molecule has 3 rings (SSSR count). The van der Waals surface area contributed by atoms with E-state index in [0.29, 0.717) is 12.2 Å². The normalized spacial score (nSPS) is 13.2. The molecule has 0 unspecified atom stereocenters. The number of carbonyl (C=O) groups excluding carboxylic acids is 1. The Labute approximate surface area is 141 Å². The molecule has 23 heavy (non-hydrogen) atoms. The summed E-state index contributed by atoms with van der Waals surface area (Å²) < 4.78 is 0. The number of aromatic nitrogens is 1. The van der Waals surface area contributed by atoms with E-state index in [1.165, 1.54) is 11.3 Å². The number of carbonyl (C=O) groups is 1. The van der Waals surface area contributed by atoms with E-state index in [9.17, 15) is 4.79 Å². The van der Waals surface area contributed by atoms with E-state index in [1.807, 2.05) is 5.38 Å². The predicted molar refractivity (Wildman–Crippen MR) is 95.4 cm³/mol. The molecule has 0 fully saturated rings. The number of fused-ring (bicyclic) bond motifs is 1. The van der Waals surface area contributed by atoms with E-state index in [1.54, 1.807) is 11.3 Å². The number of benzene rings is 1. The third kappa shape index (κ3) is 3.91. The smallest absolute Gasteiger partial charge is 0.270 e. The molecule has 1 aliphatic rings. The molecule has 122 valence electrons. The van der Waals surface area contributed by atoms with Crippen molar-refractivity contribution in [3.63, 3.8) is 0 Å². The van der Waals surface area contributed by atoms with Gasteiger partial charge in [0.05, 0.1) is 5.01 Å². The zero-order valence-corrected chi connectivity index (χ0v) is 14.4. The molecule has 1 aromatic carbocycles. The van der Waals surface area contributed by atoms with E-state index >= 15 is 0 Å². The maximum atomic E-state index is 12.1. The van der Waals surface area contributed by atoms with Crippen LogP contribution in [0.2, 0.25) is 0 Å². The Hall–Kier alpha value is -1.88. The van der Waals surface area contributed by atoms with Gasteiger partial charge in [0.25, 0.3) is 5.91 Å². The Morgan fingerprint density at radius 2 is 2.26 bits per heavy atom. The number of rotatable bonds is 7. The third-order valence-electron chi connectivity index (χ3n) is 4.12. The second-order valence-corrected chi connectivity index (χ2v) is 6.79. The Bertz CT molecular complexity index is 668. The SMILES string of the molecule is CCCc1nc(C(=O)NCCCN2CCc3ccccc32)cs1. The molecule has 5 heteroatoms. The van der Waals surface area contributed by atoms with Gasteiger partial charge in [0, 0.05) is 30.7 Å². The number of aryl methyl sites for hydroxylation is 1. The van der Waals surface area contributed by atoms with Crippen molar-refractivity contribution in [2.45, 2.75) is 32.6 Å². The maximum absolute atomic E-state index is 12.1. The molecule has 0 saturated heterocycles. The van der Waals surface area contributed by atoms with Crippen molar-refractivity contribution in [1.82, 2.24) is 10.3 Å². The summed E-state index contributed by atoms with van der Waals surface area (Å²) >= 11 is 1.57. The van der Waals surface area contributed by atoms with Gasteiger partial charge in [-0.1, -0.05) is 25.1 Å². The zero-order valence-electron chi connectivity index (χ0n) is 13.5. The number of hydrogen-bond acceptors (Lipinski definition) is 4. The highest BCUT2D eigenvalue weighted by Gasteiger charge is 2.17. The highest BCUT2D eigenvalue weighted by Crippen LogP contribution is 2.27. The van der Waals surface area contributed by atoms with Gasteiger partial charge in [-0.15, -0.1) is 11.3 Å². The summed E-state index contributed by atoms with van der Waals surface area (Å²) in [4.78, 5) is 18.9. The number of thiazole rings is 1. The summed E-state index contributed by atoms with van der Waals surface area (Å²) in [7, 11) is 0. The van der Waals surface area contributed by atoms with Crippen LogP contribution in [-0.4, -0.2) is 30.5 Å². The summed E-state index contributed by atoms with van der Waals surface area (Å²) in [6, 6.07) is 8.58. The van der Waals surface area contributed by atoms with Crippen molar-refractivity contribution in [1.29, 1.82) is 0 Å². The molecule has 0 radical (unpaired) electrons. The third-order valence-corrected chi connectivity index (χ3v) is 5.03. The number of anilines is 1. The van der Waals surface area contributed by atoms with Crippen LogP contribution in [-0.2, 0) is 12.8 Å². The molecular formula is C18H23N3OS. The first-order chi connectivity index (χ1) is 11.3. The largest absolute Gasteiger partial charge is 0.371 e. The van der Waals surface area contributed by atoms with Crippen molar-refractivity contribution in [2.24, 2.45) is 0 Å². The number of nitrogens with zero attached hydrogens (tertiary/aromatic N) is 2. The van der Waals surface area contributed by atoms with E-state index < -0.39 is 0 Å². The molecule has 0 bridgehead atoms. The highest BCUT2D eigenvalue weighted by molar-refractivity contribution is 7.09. The molecule has 0 aliphatic carbocycles. The van der Waals surface area contributed by atoms with Gasteiger partial charge >= 0.3 is 0 Å². The van der Waals surface area contributed by atoms with Crippen molar-refractivity contribution < 1.29 is 4.79 Å². The highest BCUT2D eigenvalue weighted by atomic mass is 32.1. The van der Waals surface area contributed by atoms with E-state index in [0.717, 1.165) is 43.8 Å². The molecule has 1 aromatic heterocycles. The average Bonchev–Trinajstić information content (AvgIpc) is 3.19. The fourth-order valence-electron chi connectivity index (χ4n) is 2.95. The number of amides is 1. The minimum Gasteiger partial charge on any atom is -0.371 e. The van der Waals surface area contributed by atoms with Crippen LogP contribution in [0.5, 0.6) is 0 Å². The van der Waals surface area contributed by atoms with Crippen LogP contribution in [0.1, 0.15) is 40.8 Å². The fourth-order valence-corrected chi connectivity index (χ4v) is 3.83. The average molecular weight is 329 g/mol. The Morgan fingerprint density at radius 1 is 1.39 bits per heavy atom. The van der Waals surface area contributed by atoms with Gasteiger partial charge in [-0.05, 0) is 37.3 Å². The molecular weight excluding hydrogens is 306 g/mol. The molecule has 2 heterocycles. The number of hydrogen-bond donors (Lipinski definition) is 1. The van der Waals surface area contributed by atoms with Gasteiger partial charge in [0.15, 0.2) is 0 Å². The molecule has 1 aliphatic heterocycles. The first-order valence-corrected chi connectivity index (χ1v) is 9.21. The lowest BCUT2D eigenvalue weighted by atomic mass is 10.2. The second kappa shape index (κ2) is 7.59. The zero-order chi connectivity index (χ0) is 16.1. The van der Waals surface area contributed by atoms with Gasteiger partial charge in [0.2, 0.25) is 0 Å². The number of para-hydroxylation sites is 1. The summed E-state index contributed by atoms with van der Waals surface area (Å²) in [5, 5.41) is 5.89. The first kappa shape index (κ1) is 16.0. The van der Waals surface area contributed by atoms with Crippen LogP contribution < -0.4 is 10.2 Å². The summed E-state index contributed by atoms with van der Waals surface area (Å²) in [6.07, 6.45) is 4.09. The summed E-state index contributed by atoms with van der Waals surface area (Å²) in [5.41, 5.74) is 3.34. The Morgan fingerprint density at radius 3 is 3.13 bits per heavy atom. The Kier molecular flexibility index (Phi) is 5.28. The molecule has 2 aromatic rings. The van der Waals surface area contributed by atoms with Crippen LogP contribution in [0.25, 0.3) is 0 Å². The maximum Gasteiger partial charge on any atom is 0.270 e. The van der Waals surface area contributed by atoms with E-state index in [2.05, 4.69) is 46.4 Å². The molecule has 4 nitrogen and oxygen atoms in total. The van der Waals surface area contributed by atoms with Crippen molar-refractivity contribution in [2.75, 3.05) is 24.5 Å². The van der Waals surface area contributed by atoms with Gasteiger partial charge < -0.3 is 10.2 Å². The van der Waals surface area contributed by atoms with Crippen LogP contribution in [0.4, 0.5) is 5.69 Å². The standard InChI is InChI=1S/C18H23N3OS/c1-2-6-17-20-15(13-23-17)18(22)19-10-5-11-21-12-9-14-7-3-4-8-16(14)21/h3-4,7-8,13H,2,5-6,9-12H2,1H3,(H,19,22). The van der Waals surface area contributed by atoms with Crippen LogP contribution in [0.3, 0.4) is 0 Å². The van der Waals surface area contributed by atoms with Crippen LogP contribution in [0, 0.1) is 0 Å². The van der Waals surface area contributed by atoms with E-state index in [-0.39, 0.29) is 5.91 Å². The summed E-state index contributed by atoms with van der Waals surface area (Å²) in [6.45, 7) is 4.88. The summed E-state index contributed by atoms with van der Waals surface area (Å²) in [5.74, 6) is -0.0505. The van der Waals surface area contributed by atoms with Gasteiger partial charge in [-0.3, -0.25) is 4.79 Å². The number of nitrogens with one attached hydrogen (secondary N) is 1. The molecule has 0 atom stereocenters. The van der Waals surface area contributed by atoms with Crippen LogP contribution in [0.15, 0.2) is 29.6 Å². The quantitative estimate of drug-likeness (QED) is 0.793. The molecule has 0 spiro atoms. The van der Waals surface area contributed by atoms with Gasteiger partial charge in [-0.2, -0.15) is 0 Å². The van der Waals surface area contributed by atoms with Crippen molar-refractivity contribution >= 4 is 22.9 Å². The van der Waals surface area contributed by atoms with Crippen molar-refractivity contribution in [3.05, 3.63) is 45.9 Å². The second-order valence-electron chi connectivity index (χ2n) is 5.85. The molecule has 1 N–H and O–H groups in total. The Balaban J connectivity index is 1.42. The molecule has 0 saturated carbocycles. The van der Waals surface area contributed by atoms with Gasteiger partial charge in [-0.25, -0.2) is 4.98 Å². The lowest BCUT2D eigenvalue weighted by Crippen LogP contribution is -2.29. The predicted octanol–water partition coefficient (Wildman–Crippen LogP) is 3.28. The van der Waals surface area contributed by atoms with Gasteiger partial charge in [0.1, 0.15) is 5.69 Å². The minimum atomic E-state index is -0.0505. The van der Waals surface area contributed by atoms with E-state index in [4.69, 9.17) is 0 Å². The minimum absolute atomic E-state index is 0.0505. The lowest BCUT2D eigenvalue weighted by molar-refractivity contribution is 0.0949.